The third kappa shape index (κ3) is 5.82. The van der Waals surface area contributed by atoms with Crippen LogP contribution in [0.25, 0.3) is 21.9 Å². The minimum absolute atomic E-state index is 0.0607. The molecule has 3 aromatic rings. The molecule has 0 aromatic heterocycles. The zero-order valence-corrected chi connectivity index (χ0v) is 20.3. The van der Waals surface area contributed by atoms with Gasteiger partial charge in [0.2, 0.25) is 10.0 Å². The number of hydrogen-bond donors (Lipinski definition) is 1. The fraction of sp³-hybridized carbons (Fsp3) is 0.346. The first-order valence-electron chi connectivity index (χ1n) is 10.6. The molecule has 0 spiro atoms. The largest absolute Gasteiger partial charge is 0.360 e. The number of sulfonamides is 1. The van der Waals surface area contributed by atoms with E-state index in [-0.39, 0.29) is 12.3 Å². The van der Waals surface area contributed by atoms with Crippen LogP contribution < -0.4 is 4.72 Å². The van der Waals surface area contributed by atoms with Gasteiger partial charge >= 0.3 is 0 Å². The molecule has 32 heavy (non-hydrogen) atoms. The van der Waals surface area contributed by atoms with Crippen LogP contribution >= 0.6 is 0 Å². The van der Waals surface area contributed by atoms with Gasteiger partial charge in [-0.3, -0.25) is 4.79 Å². The average Bonchev–Trinajstić information content (AvgIpc) is 2.68. The normalized spacial score (nSPS) is 13.3. The highest BCUT2D eigenvalue weighted by molar-refractivity contribution is 7.88. The van der Waals surface area contributed by atoms with Gasteiger partial charge in [0.25, 0.3) is 0 Å². The first-order valence-corrected chi connectivity index (χ1v) is 12.5. The number of fused-ring (bicyclic) bond motifs is 1. The van der Waals surface area contributed by atoms with Crippen LogP contribution in [0.5, 0.6) is 0 Å². The van der Waals surface area contributed by atoms with Crippen molar-refractivity contribution in [3.8, 4) is 11.1 Å². The Labute approximate surface area is 190 Å². The van der Waals surface area contributed by atoms with E-state index in [9.17, 15) is 13.2 Å². The molecule has 0 saturated heterocycles. The van der Waals surface area contributed by atoms with E-state index < -0.39 is 21.7 Å². The first-order chi connectivity index (χ1) is 14.9. The summed E-state index contributed by atoms with van der Waals surface area (Å²) in [5.41, 5.74) is 4.00. The van der Waals surface area contributed by atoms with Crippen LogP contribution in [-0.2, 0) is 26.1 Å². The van der Waals surface area contributed by atoms with Crippen molar-refractivity contribution < 1.29 is 17.9 Å². The number of rotatable bonds is 7. The fourth-order valence-electron chi connectivity index (χ4n) is 3.90. The molecule has 6 heteroatoms. The van der Waals surface area contributed by atoms with Crippen molar-refractivity contribution in [1.82, 2.24) is 4.72 Å². The number of benzene rings is 3. The summed E-state index contributed by atoms with van der Waals surface area (Å²) >= 11 is 0. The smallest absolute Gasteiger partial charge is 0.209 e. The molecular weight excluding hydrogens is 422 g/mol. The second-order valence-corrected chi connectivity index (χ2v) is 11.1. The topological polar surface area (TPSA) is 72.5 Å². The Bertz CT molecular complexity index is 1260. The summed E-state index contributed by atoms with van der Waals surface area (Å²) < 4.78 is 31.9. The van der Waals surface area contributed by atoms with E-state index in [0.717, 1.165) is 44.8 Å². The molecule has 1 atom stereocenters. The minimum Gasteiger partial charge on any atom is -0.360 e. The van der Waals surface area contributed by atoms with Gasteiger partial charge in [-0.15, -0.1) is 0 Å². The van der Waals surface area contributed by atoms with Crippen LogP contribution in [0.4, 0.5) is 0 Å². The Balaban J connectivity index is 2.28. The molecule has 0 unspecified atom stereocenters. The van der Waals surface area contributed by atoms with Gasteiger partial charge in [0.15, 0.2) is 5.78 Å². The number of Topliss-reactive ketones (excluding diaryl/α,β-unsaturated/α-hetero) is 1. The van der Waals surface area contributed by atoms with Crippen molar-refractivity contribution in [3.63, 3.8) is 0 Å². The van der Waals surface area contributed by atoms with Gasteiger partial charge in [-0.25, -0.2) is 13.1 Å². The number of carbonyl (C=O) groups is 1. The number of nitrogens with one attached hydrogen (secondary N) is 1. The molecule has 0 heterocycles. The van der Waals surface area contributed by atoms with Crippen molar-refractivity contribution in [2.24, 2.45) is 0 Å². The molecule has 3 aromatic carbocycles. The van der Waals surface area contributed by atoms with Crippen LogP contribution in [0.2, 0.25) is 0 Å². The summed E-state index contributed by atoms with van der Waals surface area (Å²) in [4.78, 5) is 12.8. The molecule has 5 nitrogen and oxygen atoms in total. The van der Waals surface area contributed by atoms with E-state index in [1.54, 1.807) is 6.92 Å². The molecule has 0 saturated carbocycles. The molecule has 3 rings (SSSR count). The van der Waals surface area contributed by atoms with E-state index in [2.05, 4.69) is 16.9 Å². The van der Waals surface area contributed by atoms with E-state index in [1.807, 2.05) is 70.2 Å². The molecule has 1 N–H and O–H groups in total. The van der Waals surface area contributed by atoms with Gasteiger partial charge in [-0.2, -0.15) is 0 Å². The van der Waals surface area contributed by atoms with Gasteiger partial charge in [-0.05, 0) is 79.3 Å². The second-order valence-electron chi connectivity index (χ2n) is 9.22. The lowest BCUT2D eigenvalue weighted by Crippen LogP contribution is -2.27. The Hall–Kier alpha value is -2.54. The molecule has 0 aliphatic heterocycles. The highest BCUT2D eigenvalue weighted by Gasteiger charge is 2.29. The van der Waals surface area contributed by atoms with Crippen molar-refractivity contribution in [2.75, 3.05) is 6.26 Å². The first kappa shape index (κ1) is 24.1. The maximum atomic E-state index is 12.8. The monoisotopic (exact) mass is 453 g/mol. The van der Waals surface area contributed by atoms with Crippen LogP contribution in [0.15, 0.2) is 54.6 Å². The van der Waals surface area contributed by atoms with Gasteiger partial charge < -0.3 is 4.74 Å². The van der Waals surface area contributed by atoms with Gasteiger partial charge in [0.1, 0.15) is 6.10 Å². The summed E-state index contributed by atoms with van der Waals surface area (Å²) in [6.07, 6.45) is 0.428. The predicted molar refractivity (Wildman–Crippen MR) is 130 cm³/mol. The summed E-state index contributed by atoms with van der Waals surface area (Å²) in [7, 11) is -3.31. The van der Waals surface area contributed by atoms with E-state index in [0.29, 0.717) is 0 Å². The maximum Gasteiger partial charge on any atom is 0.209 e. The summed E-state index contributed by atoms with van der Waals surface area (Å²) in [5, 5.41) is 2.09. The standard InChI is InChI=1S/C26H31NO4S/c1-17-14-20-11-7-8-13-22(20)24(23(17)25(18(2)28)31-26(3,4)5)21-12-9-10-19(15-21)16-27-32(6,29)30/h7-15,25,27H,16H2,1-6H3/t25-/m1/s1. The van der Waals surface area contributed by atoms with Gasteiger partial charge in [0.05, 0.1) is 11.9 Å². The van der Waals surface area contributed by atoms with Crippen molar-refractivity contribution in [1.29, 1.82) is 0 Å². The number of hydrogen-bond acceptors (Lipinski definition) is 4. The molecule has 0 amide bonds. The summed E-state index contributed by atoms with van der Waals surface area (Å²) in [6, 6.07) is 17.9. The highest BCUT2D eigenvalue weighted by atomic mass is 32.2. The second kappa shape index (κ2) is 9.14. The average molecular weight is 454 g/mol. The third-order valence-corrected chi connectivity index (χ3v) is 5.82. The molecule has 0 fully saturated rings. The number of carbonyl (C=O) groups excluding carboxylic acids is 1. The maximum absolute atomic E-state index is 12.8. The van der Waals surface area contributed by atoms with Gasteiger partial charge in [-0.1, -0.05) is 48.5 Å². The number of aryl methyl sites for hydroxylation is 1. The Kier molecular flexibility index (Phi) is 6.89. The lowest BCUT2D eigenvalue weighted by molar-refractivity contribution is -0.138. The van der Waals surface area contributed by atoms with E-state index in [4.69, 9.17) is 4.74 Å². The molecular formula is C26H31NO4S. The van der Waals surface area contributed by atoms with Crippen molar-refractivity contribution >= 4 is 26.6 Å². The minimum atomic E-state index is -3.31. The predicted octanol–water partition coefficient (Wildman–Crippen LogP) is 5.31. The van der Waals surface area contributed by atoms with Crippen molar-refractivity contribution in [3.05, 3.63) is 71.3 Å². The van der Waals surface area contributed by atoms with Crippen LogP contribution in [0.1, 0.15) is 50.5 Å². The van der Waals surface area contributed by atoms with Crippen LogP contribution in [0, 0.1) is 6.92 Å². The zero-order chi connectivity index (χ0) is 23.7. The molecule has 170 valence electrons. The van der Waals surface area contributed by atoms with Crippen LogP contribution in [0.3, 0.4) is 0 Å². The lowest BCUT2D eigenvalue weighted by atomic mass is 9.86. The molecule has 0 radical (unpaired) electrons. The third-order valence-electron chi connectivity index (χ3n) is 5.15. The quantitative estimate of drug-likeness (QED) is 0.526. The Morgan fingerprint density at radius 3 is 2.38 bits per heavy atom. The van der Waals surface area contributed by atoms with E-state index >= 15 is 0 Å². The molecule has 0 aliphatic carbocycles. The van der Waals surface area contributed by atoms with Crippen molar-refractivity contribution in [2.45, 2.75) is 52.9 Å². The Morgan fingerprint density at radius 2 is 1.75 bits per heavy atom. The van der Waals surface area contributed by atoms with Gasteiger partial charge in [0, 0.05) is 6.54 Å². The van der Waals surface area contributed by atoms with Crippen LogP contribution in [-0.4, -0.2) is 26.1 Å². The molecule has 0 bridgehead atoms. The highest BCUT2D eigenvalue weighted by Crippen LogP contribution is 2.40. The SMILES string of the molecule is CC(=O)[C@@H](OC(C)(C)C)c1c(C)cc2ccccc2c1-c1cccc(CNS(C)(=O)=O)c1. The fourth-order valence-corrected chi connectivity index (χ4v) is 4.33. The number of ether oxygens (including phenoxy) is 1. The summed E-state index contributed by atoms with van der Waals surface area (Å²) in [5.74, 6) is -0.0607. The van der Waals surface area contributed by atoms with E-state index in [1.165, 1.54) is 0 Å². The summed E-state index contributed by atoms with van der Waals surface area (Å²) in [6.45, 7) is 9.58. The zero-order valence-electron chi connectivity index (χ0n) is 19.5. The number of ketones is 1. The Morgan fingerprint density at radius 1 is 1.06 bits per heavy atom. The lowest BCUT2D eigenvalue weighted by Gasteiger charge is -2.29. The molecule has 0 aliphatic rings.